The monoisotopic (exact) mass is 329 g/mol. The largest absolute Gasteiger partial charge is 0.452 e. The molecule has 1 N–H and O–H groups in total. The van der Waals surface area contributed by atoms with E-state index in [1.807, 2.05) is 6.92 Å². The second-order valence-electron chi connectivity index (χ2n) is 4.23. The number of rotatable bonds is 5. The lowest BCUT2D eigenvalue weighted by molar-refractivity contribution is 0.430. The van der Waals surface area contributed by atoms with Crippen molar-refractivity contribution < 1.29 is 13.2 Å². The summed E-state index contributed by atoms with van der Waals surface area (Å²) >= 11 is 3.23. The van der Waals surface area contributed by atoms with Gasteiger partial charge in [0.2, 0.25) is 0 Å². The summed E-state index contributed by atoms with van der Waals surface area (Å²) in [7, 11) is 0. The van der Waals surface area contributed by atoms with Gasteiger partial charge in [-0.1, -0.05) is 6.92 Å². The third-order valence-corrected chi connectivity index (χ3v) is 3.12. The average Bonchev–Trinajstić information content (AvgIpc) is 2.75. The molecule has 0 saturated heterocycles. The van der Waals surface area contributed by atoms with Crippen LogP contribution in [0.15, 0.2) is 39.4 Å². The van der Waals surface area contributed by atoms with Crippen molar-refractivity contribution in [2.75, 3.05) is 6.54 Å². The molecule has 2 aromatic rings. The van der Waals surface area contributed by atoms with E-state index >= 15 is 0 Å². The van der Waals surface area contributed by atoms with Crippen LogP contribution in [0.3, 0.4) is 0 Å². The van der Waals surface area contributed by atoms with Crippen molar-refractivity contribution in [2.24, 2.45) is 0 Å². The van der Waals surface area contributed by atoms with Gasteiger partial charge in [0.25, 0.3) is 0 Å². The Morgan fingerprint density at radius 1 is 1.21 bits per heavy atom. The Bertz CT molecular complexity index is 536. The molecule has 0 aliphatic carbocycles. The van der Waals surface area contributed by atoms with Crippen LogP contribution in [0, 0.1) is 11.6 Å². The number of hydrogen-bond acceptors (Lipinski definition) is 2. The molecular formula is C14H14BrF2NO. The van der Waals surface area contributed by atoms with Gasteiger partial charge in [-0.15, -0.1) is 0 Å². The number of nitrogens with one attached hydrogen (secondary N) is 1. The Hall–Kier alpha value is -1.20. The first-order chi connectivity index (χ1) is 9.10. The van der Waals surface area contributed by atoms with E-state index in [1.54, 1.807) is 12.1 Å². The summed E-state index contributed by atoms with van der Waals surface area (Å²) in [5.74, 6) is -0.571. The minimum atomic E-state index is -0.594. The lowest BCUT2D eigenvalue weighted by atomic mass is 10.0. The van der Waals surface area contributed by atoms with E-state index in [-0.39, 0.29) is 6.04 Å². The highest BCUT2D eigenvalue weighted by atomic mass is 79.9. The average molecular weight is 330 g/mol. The molecule has 2 nitrogen and oxygen atoms in total. The molecule has 0 spiro atoms. The van der Waals surface area contributed by atoms with Crippen molar-refractivity contribution in [3.05, 3.63) is 58.0 Å². The van der Waals surface area contributed by atoms with E-state index in [0.29, 0.717) is 16.0 Å². The molecule has 0 amide bonds. The molecule has 0 radical (unpaired) electrons. The van der Waals surface area contributed by atoms with Crippen molar-refractivity contribution in [1.82, 2.24) is 5.32 Å². The Morgan fingerprint density at radius 3 is 2.42 bits per heavy atom. The predicted molar refractivity (Wildman–Crippen MR) is 72.9 cm³/mol. The molecule has 0 aliphatic heterocycles. The molecule has 19 heavy (non-hydrogen) atoms. The molecule has 2 rings (SSSR count). The van der Waals surface area contributed by atoms with Gasteiger partial charge < -0.3 is 9.73 Å². The van der Waals surface area contributed by atoms with Gasteiger partial charge in [-0.25, -0.2) is 8.78 Å². The van der Waals surface area contributed by atoms with Gasteiger partial charge in [-0.2, -0.15) is 0 Å². The Balaban J connectivity index is 2.36. The van der Waals surface area contributed by atoms with Crippen molar-refractivity contribution in [3.63, 3.8) is 0 Å². The molecule has 0 fully saturated rings. The van der Waals surface area contributed by atoms with Crippen LogP contribution < -0.4 is 5.32 Å². The fraction of sp³-hybridized carbons (Fsp3) is 0.286. The van der Waals surface area contributed by atoms with Crippen LogP contribution in [0.2, 0.25) is 0 Å². The molecular weight excluding hydrogens is 316 g/mol. The minimum Gasteiger partial charge on any atom is -0.452 e. The van der Waals surface area contributed by atoms with Crippen LogP contribution in [0.5, 0.6) is 0 Å². The maximum Gasteiger partial charge on any atom is 0.169 e. The molecule has 0 bridgehead atoms. The van der Waals surface area contributed by atoms with Gasteiger partial charge in [-0.3, -0.25) is 0 Å². The zero-order valence-corrected chi connectivity index (χ0v) is 12.0. The fourth-order valence-corrected chi connectivity index (χ4v) is 2.22. The van der Waals surface area contributed by atoms with Crippen molar-refractivity contribution in [2.45, 2.75) is 19.4 Å². The Labute approximate surface area is 118 Å². The molecule has 102 valence electrons. The number of halogens is 3. The van der Waals surface area contributed by atoms with Gasteiger partial charge in [-0.05, 0) is 58.7 Å². The molecule has 0 saturated carbocycles. The topological polar surface area (TPSA) is 25.2 Å². The minimum absolute atomic E-state index is 0.364. The van der Waals surface area contributed by atoms with E-state index in [4.69, 9.17) is 4.42 Å². The molecule has 1 atom stereocenters. The summed E-state index contributed by atoms with van der Waals surface area (Å²) in [5, 5.41) is 3.22. The second kappa shape index (κ2) is 6.30. The summed E-state index contributed by atoms with van der Waals surface area (Å²) in [6.45, 7) is 2.75. The summed E-state index contributed by atoms with van der Waals surface area (Å²) in [6.07, 6.45) is 0.913. The van der Waals surface area contributed by atoms with Gasteiger partial charge in [0.05, 0.1) is 6.04 Å². The van der Waals surface area contributed by atoms with E-state index in [1.165, 1.54) is 12.1 Å². The lowest BCUT2D eigenvalue weighted by Crippen LogP contribution is -2.23. The van der Waals surface area contributed by atoms with Crippen molar-refractivity contribution in [3.8, 4) is 0 Å². The maximum atomic E-state index is 13.3. The zero-order chi connectivity index (χ0) is 13.8. The van der Waals surface area contributed by atoms with Crippen molar-refractivity contribution >= 4 is 15.9 Å². The quantitative estimate of drug-likeness (QED) is 0.878. The molecule has 0 aliphatic rings. The van der Waals surface area contributed by atoms with Crippen LogP contribution in [0.25, 0.3) is 0 Å². The van der Waals surface area contributed by atoms with Crippen LogP contribution in [0.4, 0.5) is 8.78 Å². The van der Waals surface area contributed by atoms with E-state index in [0.717, 1.165) is 19.0 Å². The molecule has 1 aromatic heterocycles. The number of benzene rings is 1. The Kier molecular flexibility index (Phi) is 4.71. The first-order valence-electron chi connectivity index (χ1n) is 6.04. The van der Waals surface area contributed by atoms with Gasteiger partial charge in [0.15, 0.2) is 4.67 Å². The summed E-state index contributed by atoms with van der Waals surface area (Å²) in [5.41, 5.74) is 0.507. The van der Waals surface area contributed by atoms with E-state index < -0.39 is 11.6 Å². The molecule has 1 aromatic carbocycles. The van der Waals surface area contributed by atoms with Crippen LogP contribution in [0.1, 0.15) is 30.7 Å². The van der Waals surface area contributed by atoms with Crippen LogP contribution in [-0.4, -0.2) is 6.54 Å². The fourth-order valence-electron chi connectivity index (χ4n) is 1.90. The third kappa shape index (κ3) is 3.64. The molecule has 1 unspecified atom stereocenters. The first-order valence-corrected chi connectivity index (χ1v) is 6.84. The van der Waals surface area contributed by atoms with E-state index in [9.17, 15) is 8.78 Å². The standard InChI is InChI=1S/C14H14BrF2NO/c1-2-5-18-14(12-3-4-13(15)19-12)9-6-10(16)8-11(17)7-9/h3-4,6-8,14,18H,2,5H2,1H3. The number of furan rings is 1. The van der Waals surface area contributed by atoms with Crippen LogP contribution >= 0.6 is 15.9 Å². The summed E-state index contributed by atoms with van der Waals surface area (Å²) in [6, 6.07) is 6.65. The highest BCUT2D eigenvalue weighted by molar-refractivity contribution is 9.10. The number of hydrogen-bond donors (Lipinski definition) is 1. The smallest absolute Gasteiger partial charge is 0.169 e. The van der Waals surface area contributed by atoms with Gasteiger partial charge in [0.1, 0.15) is 17.4 Å². The predicted octanol–water partition coefficient (Wildman–Crippen LogP) is 4.41. The summed E-state index contributed by atoms with van der Waals surface area (Å²) < 4.78 is 32.7. The highest BCUT2D eigenvalue weighted by Gasteiger charge is 2.18. The van der Waals surface area contributed by atoms with E-state index in [2.05, 4.69) is 21.2 Å². The zero-order valence-electron chi connectivity index (χ0n) is 10.4. The first kappa shape index (κ1) is 14.2. The van der Waals surface area contributed by atoms with Crippen LogP contribution in [-0.2, 0) is 0 Å². The lowest BCUT2D eigenvalue weighted by Gasteiger charge is -2.17. The maximum absolute atomic E-state index is 13.3. The normalized spacial score (nSPS) is 12.6. The second-order valence-corrected chi connectivity index (χ2v) is 5.01. The third-order valence-electron chi connectivity index (χ3n) is 2.70. The van der Waals surface area contributed by atoms with Crippen molar-refractivity contribution in [1.29, 1.82) is 0 Å². The Morgan fingerprint density at radius 2 is 1.89 bits per heavy atom. The van der Waals surface area contributed by atoms with Gasteiger partial charge in [0, 0.05) is 6.07 Å². The molecule has 1 heterocycles. The molecule has 5 heteroatoms. The SMILES string of the molecule is CCCNC(c1cc(F)cc(F)c1)c1ccc(Br)o1. The highest BCUT2D eigenvalue weighted by Crippen LogP contribution is 2.27. The van der Waals surface area contributed by atoms with Gasteiger partial charge >= 0.3 is 0 Å². The summed E-state index contributed by atoms with van der Waals surface area (Å²) in [4.78, 5) is 0.